The molecular formula is C18H21ClN2. The molecule has 0 aliphatic carbocycles. The first-order valence-corrected chi connectivity index (χ1v) is 7.86. The van der Waals surface area contributed by atoms with Crippen LogP contribution in [0.15, 0.2) is 48.5 Å². The van der Waals surface area contributed by atoms with Crippen molar-refractivity contribution in [3.05, 3.63) is 70.2 Å². The lowest BCUT2D eigenvalue weighted by atomic mass is 9.93. The second-order valence-corrected chi connectivity index (χ2v) is 6.15. The lowest BCUT2D eigenvalue weighted by Gasteiger charge is -2.21. The van der Waals surface area contributed by atoms with Crippen LogP contribution < -0.4 is 10.6 Å². The Hall–Kier alpha value is -1.35. The van der Waals surface area contributed by atoms with Crippen molar-refractivity contribution in [2.24, 2.45) is 0 Å². The normalized spacial score (nSPS) is 21.6. The Kier molecular flexibility index (Phi) is 4.59. The summed E-state index contributed by atoms with van der Waals surface area (Å²) < 4.78 is 0. The molecule has 0 bridgehead atoms. The van der Waals surface area contributed by atoms with Crippen molar-refractivity contribution < 1.29 is 0 Å². The van der Waals surface area contributed by atoms with E-state index in [1.54, 1.807) is 0 Å². The minimum Gasteiger partial charge on any atom is -0.314 e. The summed E-state index contributed by atoms with van der Waals surface area (Å²) in [6, 6.07) is 17.4. The lowest BCUT2D eigenvalue weighted by molar-refractivity contribution is 0.503. The van der Waals surface area contributed by atoms with Crippen LogP contribution in [0.3, 0.4) is 0 Å². The summed E-state index contributed by atoms with van der Waals surface area (Å²) >= 11 is 6.13. The number of benzene rings is 2. The Balaban J connectivity index is 1.69. The third-order valence-electron chi connectivity index (χ3n) is 4.24. The van der Waals surface area contributed by atoms with Gasteiger partial charge in [0.25, 0.3) is 0 Å². The zero-order valence-electron chi connectivity index (χ0n) is 12.3. The molecule has 1 aliphatic heterocycles. The molecule has 2 unspecified atom stereocenters. The topological polar surface area (TPSA) is 24.1 Å². The molecule has 1 fully saturated rings. The van der Waals surface area contributed by atoms with Gasteiger partial charge in [0.05, 0.1) is 0 Å². The van der Waals surface area contributed by atoms with Crippen molar-refractivity contribution in [3.63, 3.8) is 0 Å². The average molecular weight is 301 g/mol. The van der Waals surface area contributed by atoms with Crippen molar-refractivity contribution in [2.45, 2.75) is 25.4 Å². The van der Waals surface area contributed by atoms with Gasteiger partial charge in [-0.05, 0) is 29.7 Å². The highest BCUT2D eigenvalue weighted by molar-refractivity contribution is 6.31. The third-order valence-corrected chi connectivity index (χ3v) is 4.66. The van der Waals surface area contributed by atoms with E-state index in [4.69, 9.17) is 11.6 Å². The van der Waals surface area contributed by atoms with E-state index in [0.29, 0.717) is 12.0 Å². The van der Waals surface area contributed by atoms with Crippen molar-refractivity contribution >= 4 is 11.6 Å². The van der Waals surface area contributed by atoms with Gasteiger partial charge in [-0.1, -0.05) is 54.1 Å². The maximum absolute atomic E-state index is 6.13. The van der Waals surface area contributed by atoms with Gasteiger partial charge in [-0.25, -0.2) is 0 Å². The van der Waals surface area contributed by atoms with Gasteiger partial charge in [0.2, 0.25) is 0 Å². The Morgan fingerprint density at radius 3 is 2.71 bits per heavy atom. The molecule has 2 N–H and O–H groups in total. The highest BCUT2D eigenvalue weighted by Gasteiger charge is 2.28. The lowest BCUT2D eigenvalue weighted by Crippen LogP contribution is -2.34. The van der Waals surface area contributed by atoms with E-state index in [-0.39, 0.29) is 0 Å². The van der Waals surface area contributed by atoms with E-state index < -0.39 is 0 Å². The molecule has 2 atom stereocenters. The maximum Gasteiger partial charge on any atom is 0.0435 e. The highest BCUT2D eigenvalue weighted by Crippen LogP contribution is 2.26. The molecular weight excluding hydrogens is 280 g/mol. The van der Waals surface area contributed by atoms with Crippen LogP contribution in [-0.2, 0) is 6.54 Å². The number of aryl methyl sites for hydroxylation is 1. The van der Waals surface area contributed by atoms with Gasteiger partial charge >= 0.3 is 0 Å². The van der Waals surface area contributed by atoms with E-state index in [9.17, 15) is 0 Å². The van der Waals surface area contributed by atoms with Crippen LogP contribution in [0.4, 0.5) is 0 Å². The van der Waals surface area contributed by atoms with Crippen LogP contribution in [0.2, 0.25) is 5.02 Å². The zero-order chi connectivity index (χ0) is 14.7. The van der Waals surface area contributed by atoms with E-state index >= 15 is 0 Å². The summed E-state index contributed by atoms with van der Waals surface area (Å²) in [5.41, 5.74) is 3.85. The number of halogens is 1. The minimum absolute atomic E-state index is 0.464. The van der Waals surface area contributed by atoms with E-state index in [1.807, 2.05) is 6.07 Å². The molecule has 2 aromatic carbocycles. The maximum atomic E-state index is 6.13. The van der Waals surface area contributed by atoms with Gasteiger partial charge in [-0.2, -0.15) is 0 Å². The number of rotatable bonds is 4. The molecule has 1 saturated heterocycles. The Labute approximate surface area is 131 Å². The van der Waals surface area contributed by atoms with Crippen LogP contribution in [0.5, 0.6) is 0 Å². The molecule has 1 heterocycles. The predicted molar refractivity (Wildman–Crippen MR) is 88.9 cm³/mol. The van der Waals surface area contributed by atoms with E-state index in [1.165, 1.54) is 11.1 Å². The van der Waals surface area contributed by atoms with E-state index in [0.717, 1.165) is 30.2 Å². The zero-order valence-corrected chi connectivity index (χ0v) is 13.0. The van der Waals surface area contributed by atoms with Gasteiger partial charge < -0.3 is 10.6 Å². The van der Waals surface area contributed by atoms with Gasteiger partial charge in [-0.15, -0.1) is 0 Å². The first kappa shape index (κ1) is 14.6. The molecule has 21 heavy (non-hydrogen) atoms. The Morgan fingerprint density at radius 2 is 1.95 bits per heavy atom. The molecule has 2 nitrogen and oxygen atoms in total. The highest BCUT2D eigenvalue weighted by atomic mass is 35.5. The first-order valence-electron chi connectivity index (χ1n) is 7.48. The van der Waals surface area contributed by atoms with Crippen LogP contribution in [0.1, 0.15) is 22.6 Å². The van der Waals surface area contributed by atoms with E-state index in [2.05, 4.69) is 60.0 Å². The second-order valence-electron chi connectivity index (χ2n) is 5.75. The summed E-state index contributed by atoms with van der Waals surface area (Å²) in [5.74, 6) is 0.504. The third kappa shape index (κ3) is 3.46. The molecule has 3 heteroatoms. The molecule has 0 saturated carbocycles. The number of nitrogens with one attached hydrogen (secondary N) is 2. The summed E-state index contributed by atoms with van der Waals surface area (Å²) in [6.45, 7) is 5.02. The fraction of sp³-hybridized carbons (Fsp3) is 0.333. The molecule has 0 amide bonds. The summed E-state index contributed by atoms with van der Waals surface area (Å²) in [6.07, 6.45) is 0. The van der Waals surface area contributed by atoms with Crippen LogP contribution >= 0.6 is 11.6 Å². The van der Waals surface area contributed by atoms with Crippen molar-refractivity contribution in [3.8, 4) is 0 Å². The fourth-order valence-electron chi connectivity index (χ4n) is 2.99. The number of hydrogen-bond donors (Lipinski definition) is 2. The fourth-order valence-corrected chi connectivity index (χ4v) is 3.10. The summed E-state index contributed by atoms with van der Waals surface area (Å²) in [5, 5.41) is 8.03. The van der Waals surface area contributed by atoms with Gasteiger partial charge in [0.15, 0.2) is 0 Å². The SMILES string of the molecule is Cc1cc(C2CNCC2NCc2ccccc2)ccc1Cl. The molecule has 0 radical (unpaired) electrons. The summed E-state index contributed by atoms with van der Waals surface area (Å²) in [4.78, 5) is 0. The van der Waals surface area contributed by atoms with Crippen LogP contribution in [0.25, 0.3) is 0 Å². The Bertz CT molecular complexity index is 597. The standard InChI is InChI=1S/C18H21ClN2/c1-13-9-15(7-8-17(13)19)16-11-20-12-18(16)21-10-14-5-3-2-4-6-14/h2-9,16,18,20-21H,10-12H2,1H3. The monoisotopic (exact) mass is 300 g/mol. The smallest absolute Gasteiger partial charge is 0.0435 e. The van der Waals surface area contributed by atoms with Gasteiger partial charge in [-0.3, -0.25) is 0 Å². The largest absolute Gasteiger partial charge is 0.314 e. The molecule has 3 rings (SSSR count). The van der Waals surface area contributed by atoms with Crippen molar-refractivity contribution in [2.75, 3.05) is 13.1 Å². The van der Waals surface area contributed by atoms with Gasteiger partial charge in [0, 0.05) is 36.6 Å². The predicted octanol–water partition coefficient (Wildman–Crippen LogP) is 3.49. The van der Waals surface area contributed by atoms with Crippen LogP contribution in [-0.4, -0.2) is 19.1 Å². The minimum atomic E-state index is 0.464. The van der Waals surface area contributed by atoms with Crippen molar-refractivity contribution in [1.29, 1.82) is 0 Å². The second kappa shape index (κ2) is 6.61. The average Bonchev–Trinajstić information content (AvgIpc) is 2.97. The molecule has 2 aromatic rings. The quantitative estimate of drug-likeness (QED) is 0.903. The molecule has 0 aromatic heterocycles. The molecule has 0 spiro atoms. The Morgan fingerprint density at radius 1 is 1.14 bits per heavy atom. The molecule has 1 aliphatic rings. The van der Waals surface area contributed by atoms with Crippen molar-refractivity contribution in [1.82, 2.24) is 10.6 Å². The summed E-state index contributed by atoms with van der Waals surface area (Å²) in [7, 11) is 0. The van der Waals surface area contributed by atoms with Crippen LogP contribution in [0, 0.1) is 6.92 Å². The first-order chi connectivity index (χ1) is 10.2. The van der Waals surface area contributed by atoms with Gasteiger partial charge in [0.1, 0.15) is 0 Å². The molecule has 110 valence electrons. The number of hydrogen-bond acceptors (Lipinski definition) is 2.